The molecule has 1 heterocycles. The smallest absolute Gasteiger partial charge is 0.168 e. The summed E-state index contributed by atoms with van der Waals surface area (Å²) in [6.07, 6.45) is 9.10. The summed E-state index contributed by atoms with van der Waals surface area (Å²) in [7, 11) is 0. The SMILES string of the molecule is C=CCN(CCC1COC2(CCC(C(C)(C)C(C)C)CC2)O1)CC(O)CCC. The summed E-state index contributed by atoms with van der Waals surface area (Å²) in [6, 6.07) is 0. The molecule has 0 aromatic carbocycles. The van der Waals surface area contributed by atoms with E-state index in [1.807, 2.05) is 6.08 Å². The Labute approximate surface area is 173 Å². The first-order chi connectivity index (χ1) is 13.2. The lowest BCUT2D eigenvalue weighted by molar-refractivity contribution is -0.198. The molecular formula is C24H45NO3. The number of rotatable bonds is 11. The van der Waals surface area contributed by atoms with Crippen LogP contribution in [0.25, 0.3) is 0 Å². The van der Waals surface area contributed by atoms with Gasteiger partial charge in [-0.3, -0.25) is 4.90 Å². The number of aliphatic hydroxyl groups excluding tert-OH is 1. The first-order valence-electron chi connectivity index (χ1n) is 11.6. The van der Waals surface area contributed by atoms with Crippen LogP contribution in [0.15, 0.2) is 12.7 Å². The van der Waals surface area contributed by atoms with Crippen LogP contribution in [0.4, 0.5) is 0 Å². The highest BCUT2D eigenvalue weighted by Crippen LogP contribution is 2.48. The topological polar surface area (TPSA) is 41.9 Å². The van der Waals surface area contributed by atoms with Gasteiger partial charge in [0.15, 0.2) is 5.79 Å². The molecule has 1 spiro atoms. The van der Waals surface area contributed by atoms with Crippen molar-refractivity contribution in [2.24, 2.45) is 17.3 Å². The van der Waals surface area contributed by atoms with E-state index in [1.165, 1.54) is 12.8 Å². The molecule has 0 aromatic heterocycles. The highest BCUT2D eigenvalue weighted by molar-refractivity contribution is 4.91. The largest absolute Gasteiger partial charge is 0.392 e. The lowest BCUT2D eigenvalue weighted by Gasteiger charge is -2.44. The minimum Gasteiger partial charge on any atom is -0.392 e. The van der Waals surface area contributed by atoms with Gasteiger partial charge in [-0.05, 0) is 42.9 Å². The molecule has 1 aliphatic carbocycles. The molecule has 2 unspecified atom stereocenters. The van der Waals surface area contributed by atoms with Gasteiger partial charge in [-0.2, -0.15) is 0 Å². The molecule has 2 rings (SSSR count). The molecule has 4 heteroatoms. The van der Waals surface area contributed by atoms with Crippen molar-refractivity contribution >= 4 is 0 Å². The normalized spacial score (nSPS) is 29.7. The molecule has 0 bridgehead atoms. The van der Waals surface area contributed by atoms with Gasteiger partial charge in [-0.1, -0.05) is 47.1 Å². The predicted molar refractivity (Wildman–Crippen MR) is 116 cm³/mol. The maximum absolute atomic E-state index is 10.1. The predicted octanol–water partition coefficient (Wildman–Crippen LogP) is 5.01. The minimum absolute atomic E-state index is 0.172. The van der Waals surface area contributed by atoms with Crippen molar-refractivity contribution in [2.75, 3.05) is 26.2 Å². The highest BCUT2D eigenvalue weighted by Gasteiger charge is 2.47. The van der Waals surface area contributed by atoms with Gasteiger partial charge >= 0.3 is 0 Å². The van der Waals surface area contributed by atoms with Crippen molar-refractivity contribution in [1.82, 2.24) is 4.90 Å². The van der Waals surface area contributed by atoms with E-state index in [1.54, 1.807) is 0 Å². The first-order valence-corrected chi connectivity index (χ1v) is 11.6. The van der Waals surface area contributed by atoms with Gasteiger partial charge in [-0.15, -0.1) is 6.58 Å². The van der Waals surface area contributed by atoms with E-state index in [4.69, 9.17) is 9.47 Å². The Bertz CT molecular complexity index is 468. The summed E-state index contributed by atoms with van der Waals surface area (Å²) in [5, 5.41) is 10.1. The van der Waals surface area contributed by atoms with Crippen molar-refractivity contribution in [2.45, 2.75) is 97.6 Å². The minimum atomic E-state index is -0.334. The van der Waals surface area contributed by atoms with Crippen LogP contribution in [-0.2, 0) is 9.47 Å². The molecule has 164 valence electrons. The third-order valence-corrected chi connectivity index (χ3v) is 7.45. The Balaban J connectivity index is 1.79. The Morgan fingerprint density at radius 1 is 1.29 bits per heavy atom. The van der Waals surface area contributed by atoms with E-state index in [2.05, 4.69) is 46.1 Å². The van der Waals surface area contributed by atoms with Crippen LogP contribution in [-0.4, -0.2) is 54.2 Å². The molecule has 2 atom stereocenters. The highest BCUT2D eigenvalue weighted by atomic mass is 16.7. The Morgan fingerprint density at radius 2 is 1.96 bits per heavy atom. The second-order valence-electron chi connectivity index (χ2n) is 9.99. The number of ether oxygens (including phenoxy) is 2. The third kappa shape index (κ3) is 6.29. The molecule has 1 aliphatic heterocycles. The molecule has 0 radical (unpaired) electrons. The molecule has 2 aliphatic rings. The van der Waals surface area contributed by atoms with Crippen molar-refractivity contribution < 1.29 is 14.6 Å². The van der Waals surface area contributed by atoms with E-state index in [0.29, 0.717) is 24.5 Å². The maximum Gasteiger partial charge on any atom is 0.168 e. The lowest BCUT2D eigenvalue weighted by Crippen LogP contribution is -2.41. The quantitative estimate of drug-likeness (QED) is 0.499. The maximum atomic E-state index is 10.1. The van der Waals surface area contributed by atoms with Crippen LogP contribution in [0.1, 0.15) is 79.6 Å². The van der Waals surface area contributed by atoms with E-state index < -0.39 is 0 Å². The monoisotopic (exact) mass is 395 g/mol. The van der Waals surface area contributed by atoms with Crippen LogP contribution in [0.3, 0.4) is 0 Å². The van der Waals surface area contributed by atoms with Gasteiger partial charge in [0.1, 0.15) is 0 Å². The van der Waals surface area contributed by atoms with Crippen molar-refractivity contribution in [3.63, 3.8) is 0 Å². The average Bonchev–Trinajstić information content (AvgIpc) is 3.03. The van der Waals surface area contributed by atoms with Crippen LogP contribution in [0, 0.1) is 17.3 Å². The first kappa shape index (κ1) is 23.9. The number of aliphatic hydroxyl groups is 1. The van der Waals surface area contributed by atoms with Crippen molar-refractivity contribution in [1.29, 1.82) is 0 Å². The molecule has 2 fully saturated rings. The molecule has 1 N–H and O–H groups in total. The fourth-order valence-corrected chi connectivity index (χ4v) is 4.78. The molecule has 4 nitrogen and oxygen atoms in total. The molecular weight excluding hydrogens is 350 g/mol. The average molecular weight is 396 g/mol. The van der Waals surface area contributed by atoms with E-state index >= 15 is 0 Å². The fraction of sp³-hybridized carbons (Fsp3) is 0.917. The van der Waals surface area contributed by atoms with Crippen LogP contribution < -0.4 is 0 Å². The van der Waals surface area contributed by atoms with Crippen LogP contribution >= 0.6 is 0 Å². The van der Waals surface area contributed by atoms with Crippen molar-refractivity contribution in [3.8, 4) is 0 Å². The zero-order valence-corrected chi connectivity index (χ0v) is 19.1. The van der Waals surface area contributed by atoms with E-state index in [9.17, 15) is 5.11 Å². The summed E-state index contributed by atoms with van der Waals surface area (Å²) in [5.74, 6) is 1.12. The van der Waals surface area contributed by atoms with Gasteiger partial charge in [0.2, 0.25) is 0 Å². The summed E-state index contributed by atoms with van der Waals surface area (Å²) >= 11 is 0. The lowest BCUT2D eigenvalue weighted by atomic mass is 9.64. The number of hydrogen-bond donors (Lipinski definition) is 1. The second-order valence-corrected chi connectivity index (χ2v) is 9.99. The molecule has 0 amide bonds. The number of nitrogens with zero attached hydrogens (tertiary/aromatic N) is 1. The summed E-state index contributed by atoms with van der Waals surface area (Å²) in [4.78, 5) is 2.28. The van der Waals surface area contributed by atoms with Crippen LogP contribution in [0.2, 0.25) is 0 Å². The third-order valence-electron chi connectivity index (χ3n) is 7.45. The molecule has 1 saturated carbocycles. The van der Waals surface area contributed by atoms with Gasteiger partial charge in [0.25, 0.3) is 0 Å². The zero-order valence-electron chi connectivity index (χ0n) is 19.1. The van der Waals surface area contributed by atoms with E-state index in [-0.39, 0.29) is 18.0 Å². The van der Waals surface area contributed by atoms with Gasteiger partial charge < -0.3 is 14.6 Å². The van der Waals surface area contributed by atoms with Gasteiger partial charge in [0, 0.05) is 32.5 Å². The molecule has 1 saturated heterocycles. The summed E-state index contributed by atoms with van der Waals surface area (Å²) < 4.78 is 12.7. The Kier molecular flexibility index (Phi) is 9.00. The summed E-state index contributed by atoms with van der Waals surface area (Å²) in [6.45, 7) is 18.6. The van der Waals surface area contributed by atoms with Gasteiger partial charge in [-0.25, -0.2) is 0 Å². The number of hydrogen-bond acceptors (Lipinski definition) is 4. The molecule has 28 heavy (non-hydrogen) atoms. The van der Waals surface area contributed by atoms with Gasteiger partial charge in [0.05, 0.1) is 18.8 Å². The van der Waals surface area contributed by atoms with Crippen molar-refractivity contribution in [3.05, 3.63) is 12.7 Å². The zero-order chi connectivity index (χ0) is 20.8. The molecule has 0 aromatic rings. The Hall–Kier alpha value is -0.420. The second kappa shape index (κ2) is 10.6. The van der Waals surface area contributed by atoms with E-state index in [0.717, 1.165) is 51.1 Å². The summed E-state index contributed by atoms with van der Waals surface area (Å²) in [5.41, 5.74) is 0.379. The standard InChI is InChI=1S/C24H45NO3/c1-7-9-21(26)17-25(15-8-2)16-12-22-18-27-24(28-22)13-10-20(11-14-24)23(5,6)19(3)4/h8,19-22,26H,2,7,9-18H2,1,3-6H3. The Morgan fingerprint density at radius 3 is 2.54 bits per heavy atom. The fourth-order valence-electron chi connectivity index (χ4n) is 4.78. The van der Waals surface area contributed by atoms with Crippen LogP contribution in [0.5, 0.6) is 0 Å².